The van der Waals surface area contributed by atoms with Crippen molar-refractivity contribution in [1.29, 1.82) is 0 Å². The van der Waals surface area contributed by atoms with Gasteiger partial charge in [-0.05, 0) is 43.2 Å². The number of carbonyl (C=O) groups is 4. The van der Waals surface area contributed by atoms with Crippen molar-refractivity contribution >= 4 is 35.2 Å². The zero-order chi connectivity index (χ0) is 30.0. The van der Waals surface area contributed by atoms with E-state index in [1.54, 1.807) is 32.0 Å². The number of amides is 2. The van der Waals surface area contributed by atoms with E-state index < -0.39 is 60.7 Å². The SMILES string of the molecule is COc1ccc(C(C)=O)cc1CC(=O)N[C@H](C(=O)NC(CC(=O)O)C(O)COCc1c(F)cccc1Cl)C(C)C. The Balaban J connectivity index is 2.08. The van der Waals surface area contributed by atoms with E-state index in [2.05, 4.69) is 10.6 Å². The van der Waals surface area contributed by atoms with Gasteiger partial charge in [0.05, 0.1) is 45.3 Å². The number of methoxy groups -OCH3 is 1. The average molecular weight is 581 g/mol. The molecule has 12 heteroatoms. The fraction of sp³-hybridized carbons (Fsp3) is 0.429. The van der Waals surface area contributed by atoms with Crippen LogP contribution < -0.4 is 15.4 Å². The van der Waals surface area contributed by atoms with E-state index in [0.29, 0.717) is 16.9 Å². The van der Waals surface area contributed by atoms with Crippen LogP contribution in [-0.2, 0) is 32.1 Å². The van der Waals surface area contributed by atoms with E-state index in [-0.39, 0.29) is 29.4 Å². The highest BCUT2D eigenvalue weighted by molar-refractivity contribution is 6.31. The van der Waals surface area contributed by atoms with E-state index in [0.717, 1.165) is 0 Å². The molecular weight excluding hydrogens is 547 g/mol. The Morgan fingerprint density at radius 2 is 1.80 bits per heavy atom. The number of halogens is 2. The van der Waals surface area contributed by atoms with Gasteiger partial charge in [-0.25, -0.2) is 4.39 Å². The summed E-state index contributed by atoms with van der Waals surface area (Å²) in [5.74, 6) is -3.33. The first-order valence-corrected chi connectivity index (χ1v) is 12.9. The summed E-state index contributed by atoms with van der Waals surface area (Å²) >= 11 is 5.97. The lowest BCUT2D eigenvalue weighted by atomic mass is 10.00. The molecule has 2 aromatic carbocycles. The van der Waals surface area contributed by atoms with Gasteiger partial charge in [-0.15, -0.1) is 0 Å². The summed E-state index contributed by atoms with van der Waals surface area (Å²) in [6.45, 7) is 4.06. The Morgan fingerprint density at radius 3 is 2.38 bits per heavy atom. The quantitative estimate of drug-likeness (QED) is 0.235. The van der Waals surface area contributed by atoms with E-state index in [1.165, 1.54) is 32.2 Å². The monoisotopic (exact) mass is 580 g/mol. The topological polar surface area (TPSA) is 151 Å². The van der Waals surface area contributed by atoms with Crippen LogP contribution in [0.4, 0.5) is 4.39 Å². The molecule has 218 valence electrons. The fourth-order valence-electron chi connectivity index (χ4n) is 3.88. The molecule has 0 saturated carbocycles. The summed E-state index contributed by atoms with van der Waals surface area (Å²) in [4.78, 5) is 49.2. The van der Waals surface area contributed by atoms with Crippen LogP contribution in [0.15, 0.2) is 36.4 Å². The number of ketones is 1. The molecule has 0 aliphatic rings. The lowest BCUT2D eigenvalue weighted by molar-refractivity contribution is -0.139. The number of nitrogens with one attached hydrogen (secondary N) is 2. The number of aliphatic hydroxyl groups is 1. The van der Waals surface area contributed by atoms with E-state index in [1.807, 2.05) is 0 Å². The molecule has 0 saturated heterocycles. The molecule has 0 bridgehead atoms. The normalized spacial score (nSPS) is 13.3. The highest BCUT2D eigenvalue weighted by atomic mass is 35.5. The third kappa shape index (κ3) is 9.58. The molecule has 0 radical (unpaired) electrons. The Bertz CT molecular complexity index is 1200. The van der Waals surface area contributed by atoms with Crippen molar-refractivity contribution in [2.24, 2.45) is 5.92 Å². The Kier molecular flexibility index (Phi) is 12.5. The molecule has 0 spiro atoms. The molecule has 10 nitrogen and oxygen atoms in total. The van der Waals surface area contributed by atoms with Crippen molar-refractivity contribution < 1.29 is 43.3 Å². The number of aliphatic carboxylic acids is 1. The second-order valence-corrected chi connectivity index (χ2v) is 9.95. The number of ether oxygens (including phenoxy) is 2. The van der Waals surface area contributed by atoms with Gasteiger partial charge in [-0.1, -0.05) is 31.5 Å². The molecular formula is C28H34ClFN2O8. The number of carboxylic acid groups (broad SMARTS) is 1. The maximum absolute atomic E-state index is 14.0. The minimum atomic E-state index is -1.47. The van der Waals surface area contributed by atoms with Crippen LogP contribution in [-0.4, -0.2) is 65.7 Å². The second kappa shape index (κ2) is 15.3. The van der Waals surface area contributed by atoms with Crippen molar-refractivity contribution in [2.45, 2.75) is 58.4 Å². The van der Waals surface area contributed by atoms with Crippen LogP contribution in [0.2, 0.25) is 5.02 Å². The van der Waals surface area contributed by atoms with Crippen molar-refractivity contribution in [3.63, 3.8) is 0 Å². The molecule has 3 atom stereocenters. The smallest absolute Gasteiger partial charge is 0.305 e. The van der Waals surface area contributed by atoms with Gasteiger partial charge in [0.2, 0.25) is 11.8 Å². The van der Waals surface area contributed by atoms with Crippen LogP contribution in [0.5, 0.6) is 5.75 Å². The molecule has 0 heterocycles. The van der Waals surface area contributed by atoms with Gasteiger partial charge in [0.1, 0.15) is 17.6 Å². The van der Waals surface area contributed by atoms with Crippen LogP contribution in [0.1, 0.15) is 48.7 Å². The molecule has 2 amide bonds. The summed E-state index contributed by atoms with van der Waals surface area (Å²) in [5, 5.41) is 25.1. The van der Waals surface area contributed by atoms with E-state index in [9.17, 15) is 33.8 Å². The zero-order valence-electron chi connectivity index (χ0n) is 22.7. The minimum absolute atomic E-state index is 0.0724. The Labute approximate surface area is 236 Å². The summed E-state index contributed by atoms with van der Waals surface area (Å²) in [5.41, 5.74) is 0.914. The third-order valence-corrected chi connectivity index (χ3v) is 6.44. The van der Waals surface area contributed by atoms with Crippen molar-refractivity contribution in [1.82, 2.24) is 10.6 Å². The van der Waals surface area contributed by atoms with E-state index >= 15 is 0 Å². The minimum Gasteiger partial charge on any atom is -0.496 e. The first-order chi connectivity index (χ1) is 18.8. The number of Topliss-reactive ketones (excluding diaryl/α,β-unsaturated/α-hetero) is 1. The first-order valence-electron chi connectivity index (χ1n) is 12.5. The number of benzene rings is 2. The number of rotatable bonds is 15. The van der Waals surface area contributed by atoms with Crippen LogP contribution in [0, 0.1) is 11.7 Å². The van der Waals surface area contributed by atoms with Crippen molar-refractivity contribution in [3.8, 4) is 5.75 Å². The molecule has 0 fully saturated rings. The molecule has 4 N–H and O–H groups in total. The predicted molar refractivity (Wildman–Crippen MR) is 145 cm³/mol. The van der Waals surface area contributed by atoms with Crippen LogP contribution in [0.25, 0.3) is 0 Å². The van der Waals surface area contributed by atoms with Gasteiger partial charge in [-0.2, -0.15) is 0 Å². The number of aliphatic hydroxyl groups excluding tert-OH is 1. The molecule has 40 heavy (non-hydrogen) atoms. The molecule has 2 aromatic rings. The summed E-state index contributed by atoms with van der Waals surface area (Å²) < 4.78 is 24.6. The van der Waals surface area contributed by atoms with Gasteiger partial charge in [-0.3, -0.25) is 19.2 Å². The average Bonchev–Trinajstić information content (AvgIpc) is 2.87. The standard InChI is InChI=1S/C28H34ClFN2O8/c1-15(2)27(32-25(35)11-18-10-17(16(3)33)8-9-24(18)39-4)28(38)31-22(12-26(36)37)23(34)14-40-13-19-20(29)6-5-7-21(19)30/h5-10,15,22-23,27,34H,11-14H2,1-4H3,(H,31,38)(H,32,35)(H,36,37)/t22?,23?,27-/m0/s1. The largest absolute Gasteiger partial charge is 0.496 e. The van der Waals surface area contributed by atoms with Gasteiger partial charge in [0.15, 0.2) is 5.78 Å². The lowest BCUT2D eigenvalue weighted by Gasteiger charge is -2.27. The van der Waals surface area contributed by atoms with Crippen LogP contribution in [0.3, 0.4) is 0 Å². The first kappa shape index (κ1) is 32.7. The van der Waals surface area contributed by atoms with Gasteiger partial charge >= 0.3 is 5.97 Å². The number of hydrogen-bond donors (Lipinski definition) is 4. The lowest BCUT2D eigenvalue weighted by Crippen LogP contribution is -2.55. The molecule has 2 rings (SSSR count). The molecule has 0 aromatic heterocycles. The highest BCUT2D eigenvalue weighted by Gasteiger charge is 2.30. The number of hydrogen-bond acceptors (Lipinski definition) is 7. The fourth-order valence-corrected chi connectivity index (χ4v) is 4.10. The summed E-state index contributed by atoms with van der Waals surface area (Å²) in [6.07, 6.45) is -2.29. The molecule has 0 aliphatic heterocycles. The van der Waals surface area contributed by atoms with Gasteiger partial charge in [0.25, 0.3) is 0 Å². The summed E-state index contributed by atoms with van der Waals surface area (Å²) in [7, 11) is 1.43. The number of carboxylic acids is 1. The number of carbonyl (C=O) groups excluding carboxylic acids is 3. The maximum atomic E-state index is 14.0. The molecule has 0 aliphatic carbocycles. The second-order valence-electron chi connectivity index (χ2n) is 9.54. The predicted octanol–water partition coefficient (Wildman–Crippen LogP) is 2.91. The Hall–Kier alpha value is -3.54. The van der Waals surface area contributed by atoms with Crippen LogP contribution >= 0.6 is 11.6 Å². The van der Waals surface area contributed by atoms with Crippen molar-refractivity contribution in [3.05, 3.63) is 63.9 Å². The maximum Gasteiger partial charge on any atom is 0.305 e. The van der Waals surface area contributed by atoms with Gasteiger partial charge < -0.3 is 30.3 Å². The van der Waals surface area contributed by atoms with Gasteiger partial charge in [0, 0.05) is 21.7 Å². The third-order valence-electron chi connectivity index (χ3n) is 6.09. The van der Waals surface area contributed by atoms with E-state index in [4.69, 9.17) is 21.1 Å². The highest BCUT2D eigenvalue weighted by Crippen LogP contribution is 2.22. The Morgan fingerprint density at radius 1 is 1.10 bits per heavy atom. The zero-order valence-corrected chi connectivity index (χ0v) is 23.5. The summed E-state index contributed by atoms with van der Waals surface area (Å²) in [6, 6.07) is 6.45. The molecule has 2 unspecified atom stereocenters. The van der Waals surface area contributed by atoms with Crippen molar-refractivity contribution in [2.75, 3.05) is 13.7 Å².